The lowest BCUT2D eigenvalue weighted by atomic mass is 9.83. The van der Waals surface area contributed by atoms with Gasteiger partial charge in [0.25, 0.3) is 5.91 Å². The largest absolute Gasteiger partial charge is 0.346 e. The minimum absolute atomic E-state index is 0.0585. The number of rotatable bonds is 13. The van der Waals surface area contributed by atoms with Gasteiger partial charge in [-0.1, -0.05) is 72.8 Å². The molecule has 0 aromatic rings. The van der Waals surface area contributed by atoms with Crippen molar-refractivity contribution in [1.29, 1.82) is 0 Å². The average molecular weight is 706 g/mol. The van der Waals surface area contributed by atoms with Crippen LogP contribution < -0.4 is 21.3 Å². The number of carbonyl (C=O) groups excluding carboxylic acids is 5. The second kappa shape index (κ2) is 14.0. The third kappa shape index (κ3) is 8.68. The van der Waals surface area contributed by atoms with E-state index in [1.165, 1.54) is 11.0 Å². The monoisotopic (exact) mass is 705 g/mol. The van der Waals surface area contributed by atoms with Gasteiger partial charge in [0, 0.05) is 13.1 Å². The summed E-state index contributed by atoms with van der Waals surface area (Å²) in [6, 6.07) is -3.54. The summed E-state index contributed by atoms with van der Waals surface area (Å²) < 4.78 is 25.6. The lowest BCUT2D eigenvalue weighted by Crippen LogP contribution is -2.64. The maximum atomic E-state index is 14.5. The number of piperidine rings is 1. The maximum absolute atomic E-state index is 14.5. The molecule has 49 heavy (non-hydrogen) atoms. The van der Waals surface area contributed by atoms with Crippen molar-refractivity contribution in [3.05, 3.63) is 12.7 Å². The molecule has 1 unspecified atom stereocenters. The van der Waals surface area contributed by atoms with Gasteiger partial charge in [-0.2, -0.15) is 0 Å². The SMILES string of the molecule is C=CCNC(=O)C(=O)C(CC1CC1)NC(=O)[C@@H]1[C@@H]2[C@H](CN1C(=O)[C@@H](NC(=O)NC1(CS(=O)(=O)C(C)(C)C)CCCCC1)C(C)(C)C)C2(C)C. The van der Waals surface area contributed by atoms with Gasteiger partial charge in [-0.05, 0) is 68.6 Å². The zero-order valence-electron chi connectivity index (χ0n) is 30.7. The van der Waals surface area contributed by atoms with Crippen LogP contribution in [0.2, 0.25) is 0 Å². The summed E-state index contributed by atoms with van der Waals surface area (Å²) in [7, 11) is -3.56. The number of likely N-dealkylation sites (tertiary alicyclic amines) is 1. The van der Waals surface area contributed by atoms with Crippen LogP contribution in [0, 0.1) is 28.6 Å². The van der Waals surface area contributed by atoms with Crippen molar-refractivity contribution in [1.82, 2.24) is 26.2 Å². The van der Waals surface area contributed by atoms with Crippen molar-refractivity contribution in [2.24, 2.45) is 28.6 Å². The van der Waals surface area contributed by atoms with Gasteiger partial charge in [0.2, 0.25) is 17.6 Å². The minimum atomic E-state index is -3.56. The second-order valence-corrected chi connectivity index (χ2v) is 20.3. The van der Waals surface area contributed by atoms with E-state index in [9.17, 15) is 32.4 Å². The number of fused-ring (bicyclic) bond motifs is 1. The Morgan fingerprint density at radius 1 is 0.959 bits per heavy atom. The summed E-state index contributed by atoms with van der Waals surface area (Å²) in [5.74, 6) is -2.44. The molecule has 0 bridgehead atoms. The Kier molecular flexibility index (Phi) is 11.1. The van der Waals surface area contributed by atoms with Gasteiger partial charge in [-0.25, -0.2) is 13.2 Å². The van der Waals surface area contributed by atoms with Crippen molar-refractivity contribution in [3.63, 3.8) is 0 Å². The van der Waals surface area contributed by atoms with Gasteiger partial charge in [-0.15, -0.1) is 6.58 Å². The quantitative estimate of drug-likeness (QED) is 0.168. The molecule has 1 saturated heterocycles. The first kappa shape index (κ1) is 38.8. The van der Waals surface area contributed by atoms with Gasteiger partial charge in [0.15, 0.2) is 9.84 Å². The van der Waals surface area contributed by atoms with Crippen LogP contribution >= 0.6 is 0 Å². The summed E-state index contributed by atoms with van der Waals surface area (Å²) in [5, 5.41) is 11.2. The third-order valence-corrected chi connectivity index (χ3v) is 14.1. The highest BCUT2D eigenvalue weighted by atomic mass is 32.2. The smallest absolute Gasteiger partial charge is 0.315 e. The molecule has 276 valence electrons. The van der Waals surface area contributed by atoms with Crippen molar-refractivity contribution < 1.29 is 32.4 Å². The highest BCUT2D eigenvalue weighted by molar-refractivity contribution is 7.92. The molecular weight excluding hydrogens is 646 g/mol. The number of hydrogen-bond acceptors (Lipinski definition) is 7. The fourth-order valence-corrected chi connectivity index (χ4v) is 9.26. The zero-order valence-corrected chi connectivity index (χ0v) is 31.6. The van der Waals surface area contributed by atoms with E-state index in [-0.39, 0.29) is 35.5 Å². The number of amides is 5. The molecule has 0 aromatic carbocycles. The van der Waals surface area contributed by atoms with Crippen molar-refractivity contribution in [2.45, 2.75) is 135 Å². The summed E-state index contributed by atoms with van der Waals surface area (Å²) in [6.07, 6.45) is 7.21. The van der Waals surface area contributed by atoms with Gasteiger partial charge in [0.1, 0.15) is 12.1 Å². The Labute approximate surface area is 292 Å². The van der Waals surface area contributed by atoms with Crippen LogP contribution in [0.4, 0.5) is 4.79 Å². The number of Topliss-reactive ketones (excluding diaryl/α,β-unsaturated/α-hetero) is 1. The molecule has 1 aliphatic heterocycles. The van der Waals surface area contributed by atoms with Crippen molar-refractivity contribution >= 4 is 39.4 Å². The average Bonchev–Trinajstić information content (AvgIpc) is 3.84. The molecule has 0 radical (unpaired) electrons. The predicted molar refractivity (Wildman–Crippen MR) is 188 cm³/mol. The number of hydrogen-bond donors (Lipinski definition) is 4. The number of carbonyl (C=O) groups is 5. The van der Waals surface area contributed by atoms with E-state index in [0.29, 0.717) is 25.8 Å². The van der Waals surface area contributed by atoms with Gasteiger partial charge < -0.3 is 26.2 Å². The Hall–Kier alpha value is -2.96. The number of ketones is 1. The molecule has 12 nitrogen and oxygen atoms in total. The Morgan fingerprint density at radius 2 is 1.57 bits per heavy atom. The van der Waals surface area contributed by atoms with Crippen LogP contribution in [0.1, 0.15) is 107 Å². The molecule has 3 saturated carbocycles. The van der Waals surface area contributed by atoms with Crippen LogP contribution in [0.25, 0.3) is 0 Å². The molecule has 5 atom stereocenters. The van der Waals surface area contributed by atoms with E-state index in [0.717, 1.165) is 32.1 Å². The van der Waals surface area contributed by atoms with Gasteiger partial charge in [-0.3, -0.25) is 19.2 Å². The standard InChI is InChI=1S/C36H59N5O7S/c1-10-18-37-30(44)27(42)24(19-22-14-15-22)38-29(43)26-25-23(35(25,8)9)20-41(26)31(45)28(33(2,3)4)39-32(46)40-36(16-12-11-13-17-36)21-49(47,48)34(5,6)7/h10,22-26,28H,1,11-21H2,2-9H3,(H,37,44)(H,38,43)(H2,39,40,46)/t23-,24?,25-,26-,28+/m0/s1. The maximum Gasteiger partial charge on any atom is 0.315 e. The summed E-state index contributed by atoms with van der Waals surface area (Å²) in [5.41, 5.74) is -1.92. The number of nitrogens with zero attached hydrogens (tertiary/aromatic N) is 1. The Bertz CT molecular complexity index is 1430. The number of sulfone groups is 1. The summed E-state index contributed by atoms with van der Waals surface area (Å²) >= 11 is 0. The Balaban J connectivity index is 1.55. The molecule has 1 heterocycles. The fourth-order valence-electron chi connectivity index (χ4n) is 7.74. The summed E-state index contributed by atoms with van der Waals surface area (Å²) in [6.45, 7) is 18.6. The first-order chi connectivity index (χ1) is 22.5. The third-order valence-electron chi connectivity index (χ3n) is 11.3. The van der Waals surface area contributed by atoms with E-state index >= 15 is 0 Å². The molecule has 4 rings (SSSR count). The molecule has 0 aromatic heterocycles. The highest BCUT2D eigenvalue weighted by Gasteiger charge is 2.70. The topological polar surface area (TPSA) is 171 Å². The van der Waals surface area contributed by atoms with E-state index in [1.807, 2.05) is 20.8 Å². The zero-order chi connectivity index (χ0) is 36.7. The van der Waals surface area contributed by atoms with E-state index in [4.69, 9.17) is 0 Å². The Morgan fingerprint density at radius 3 is 2.10 bits per heavy atom. The molecule has 13 heteroatoms. The minimum Gasteiger partial charge on any atom is -0.346 e. The molecule has 4 N–H and O–H groups in total. The highest BCUT2D eigenvalue weighted by Crippen LogP contribution is 2.65. The van der Waals surface area contributed by atoms with Crippen molar-refractivity contribution in [2.75, 3.05) is 18.8 Å². The van der Waals surface area contributed by atoms with Crippen molar-refractivity contribution in [3.8, 4) is 0 Å². The fraction of sp³-hybridized carbons (Fsp3) is 0.806. The molecule has 0 spiro atoms. The first-order valence-corrected chi connectivity index (χ1v) is 19.5. The van der Waals surface area contributed by atoms with E-state index in [2.05, 4.69) is 41.7 Å². The van der Waals surface area contributed by atoms with E-state index < -0.39 is 73.2 Å². The van der Waals surface area contributed by atoms with Crippen LogP contribution in [-0.2, 0) is 29.0 Å². The van der Waals surface area contributed by atoms with Crippen LogP contribution in [0.15, 0.2) is 12.7 Å². The normalized spacial score (nSPS) is 25.6. The second-order valence-electron chi connectivity index (χ2n) is 17.6. The van der Waals surface area contributed by atoms with Crippen LogP contribution in [-0.4, -0.2) is 90.1 Å². The molecule has 3 aliphatic carbocycles. The van der Waals surface area contributed by atoms with Crippen LogP contribution in [0.3, 0.4) is 0 Å². The van der Waals surface area contributed by atoms with Gasteiger partial charge in [0.05, 0.1) is 22.1 Å². The first-order valence-electron chi connectivity index (χ1n) is 17.9. The van der Waals surface area contributed by atoms with Crippen LogP contribution in [0.5, 0.6) is 0 Å². The lowest BCUT2D eigenvalue weighted by Gasteiger charge is -2.41. The number of urea groups is 1. The van der Waals surface area contributed by atoms with Gasteiger partial charge >= 0.3 is 6.03 Å². The molecule has 4 aliphatic rings. The number of nitrogens with one attached hydrogen (secondary N) is 4. The lowest BCUT2D eigenvalue weighted by molar-refractivity contribution is -0.145. The molecule has 4 fully saturated rings. The van der Waals surface area contributed by atoms with E-state index in [1.54, 1.807) is 20.8 Å². The molecule has 5 amide bonds. The summed E-state index contributed by atoms with van der Waals surface area (Å²) in [4.78, 5) is 69.6. The predicted octanol–water partition coefficient (Wildman–Crippen LogP) is 3.26. The molecular formula is C36H59N5O7S.